The van der Waals surface area contributed by atoms with E-state index >= 15 is 0 Å². The van der Waals surface area contributed by atoms with Crippen LogP contribution in [0.1, 0.15) is 39.1 Å². The quantitative estimate of drug-likeness (QED) is 0.552. The van der Waals surface area contributed by atoms with Gasteiger partial charge in [0.05, 0.1) is 5.56 Å². The molecule has 0 aliphatic carbocycles. The van der Waals surface area contributed by atoms with Crippen LogP contribution in [-0.4, -0.2) is 40.5 Å². The molecular formula is C19H22N2O5. The maximum Gasteiger partial charge on any atom is 0.336 e. The molecule has 2 rings (SSSR count). The Hall–Kier alpha value is -3.03. The standard InChI is InChI=1S/C14H10O3.C5H12N2O2/c15-13(10-6-2-1-3-7-10)11-8-4-5-9-12(11)14(16)17;6-3-1-2-4(7)5(8)9/h1-9H,(H,16,17);4H,1-3,6-7H2,(H,8,9). The van der Waals surface area contributed by atoms with Gasteiger partial charge in [0.25, 0.3) is 0 Å². The van der Waals surface area contributed by atoms with E-state index < -0.39 is 18.0 Å². The Labute approximate surface area is 151 Å². The van der Waals surface area contributed by atoms with Gasteiger partial charge in [0.2, 0.25) is 0 Å². The number of carbonyl (C=O) groups excluding carboxylic acids is 1. The van der Waals surface area contributed by atoms with Crippen LogP contribution in [0.2, 0.25) is 0 Å². The molecule has 0 heterocycles. The fraction of sp³-hybridized carbons (Fsp3) is 0.211. The van der Waals surface area contributed by atoms with E-state index in [4.69, 9.17) is 21.7 Å². The van der Waals surface area contributed by atoms with Crippen molar-refractivity contribution in [2.24, 2.45) is 11.5 Å². The van der Waals surface area contributed by atoms with Crippen LogP contribution in [0.3, 0.4) is 0 Å². The maximum atomic E-state index is 12.1. The monoisotopic (exact) mass is 358 g/mol. The Bertz CT molecular complexity index is 747. The highest BCUT2D eigenvalue weighted by molar-refractivity contribution is 6.14. The summed E-state index contributed by atoms with van der Waals surface area (Å²) in [6.45, 7) is 0.501. The lowest BCUT2D eigenvalue weighted by atomic mass is 9.98. The number of ketones is 1. The molecule has 7 nitrogen and oxygen atoms in total. The third-order valence-electron chi connectivity index (χ3n) is 3.47. The fourth-order valence-corrected chi connectivity index (χ4v) is 2.07. The van der Waals surface area contributed by atoms with Crippen LogP contribution in [0.15, 0.2) is 54.6 Å². The summed E-state index contributed by atoms with van der Waals surface area (Å²) < 4.78 is 0. The normalized spacial score (nSPS) is 11.0. The lowest BCUT2D eigenvalue weighted by molar-refractivity contribution is -0.138. The topological polar surface area (TPSA) is 144 Å². The molecule has 26 heavy (non-hydrogen) atoms. The third-order valence-corrected chi connectivity index (χ3v) is 3.47. The first-order valence-corrected chi connectivity index (χ1v) is 7.99. The van der Waals surface area contributed by atoms with Crippen molar-refractivity contribution in [3.63, 3.8) is 0 Å². The molecule has 1 atom stereocenters. The van der Waals surface area contributed by atoms with E-state index in [9.17, 15) is 14.4 Å². The SMILES string of the molecule is NCCCC(N)C(=O)O.O=C(O)c1ccccc1C(=O)c1ccccc1. The van der Waals surface area contributed by atoms with Crippen LogP contribution < -0.4 is 11.5 Å². The minimum atomic E-state index is -1.09. The molecule has 0 radical (unpaired) electrons. The minimum absolute atomic E-state index is 0.0290. The van der Waals surface area contributed by atoms with Gasteiger partial charge in [0.15, 0.2) is 5.78 Å². The zero-order chi connectivity index (χ0) is 19.5. The highest BCUT2D eigenvalue weighted by atomic mass is 16.4. The van der Waals surface area contributed by atoms with E-state index in [-0.39, 0.29) is 16.9 Å². The molecular weight excluding hydrogens is 336 g/mol. The average Bonchev–Trinajstić information content (AvgIpc) is 2.66. The molecule has 0 amide bonds. The van der Waals surface area contributed by atoms with Crippen LogP contribution in [0.25, 0.3) is 0 Å². The molecule has 1 unspecified atom stereocenters. The maximum absolute atomic E-state index is 12.1. The van der Waals surface area contributed by atoms with Gasteiger partial charge < -0.3 is 21.7 Å². The van der Waals surface area contributed by atoms with Gasteiger partial charge >= 0.3 is 11.9 Å². The number of rotatable bonds is 7. The van der Waals surface area contributed by atoms with E-state index in [0.29, 0.717) is 24.9 Å². The molecule has 138 valence electrons. The van der Waals surface area contributed by atoms with E-state index in [1.165, 1.54) is 12.1 Å². The van der Waals surface area contributed by atoms with Crippen molar-refractivity contribution in [1.82, 2.24) is 0 Å². The number of carboxylic acids is 2. The average molecular weight is 358 g/mol. The van der Waals surface area contributed by atoms with Crippen LogP contribution in [-0.2, 0) is 4.79 Å². The molecule has 6 N–H and O–H groups in total. The van der Waals surface area contributed by atoms with Crippen molar-refractivity contribution in [2.45, 2.75) is 18.9 Å². The number of carboxylic acid groups (broad SMARTS) is 2. The smallest absolute Gasteiger partial charge is 0.336 e. The molecule has 0 aliphatic heterocycles. The Balaban J connectivity index is 0.000000321. The van der Waals surface area contributed by atoms with Gasteiger partial charge in [-0.05, 0) is 25.5 Å². The number of hydrogen-bond donors (Lipinski definition) is 4. The predicted molar refractivity (Wildman–Crippen MR) is 97.2 cm³/mol. The number of hydrogen-bond acceptors (Lipinski definition) is 5. The van der Waals surface area contributed by atoms with Crippen LogP contribution in [0, 0.1) is 0 Å². The molecule has 2 aromatic carbocycles. The first kappa shape index (κ1) is 21.0. The highest BCUT2D eigenvalue weighted by Crippen LogP contribution is 2.14. The highest BCUT2D eigenvalue weighted by Gasteiger charge is 2.16. The van der Waals surface area contributed by atoms with Crippen molar-refractivity contribution in [3.8, 4) is 0 Å². The van der Waals surface area contributed by atoms with Crippen LogP contribution in [0.5, 0.6) is 0 Å². The fourth-order valence-electron chi connectivity index (χ4n) is 2.07. The summed E-state index contributed by atoms with van der Waals surface area (Å²) in [5.74, 6) is -2.32. The molecule has 0 bridgehead atoms. The zero-order valence-corrected chi connectivity index (χ0v) is 14.2. The number of benzene rings is 2. The number of nitrogens with two attached hydrogens (primary N) is 2. The summed E-state index contributed by atoms with van der Waals surface area (Å²) in [6, 6.07) is 14.1. The molecule has 0 spiro atoms. The van der Waals surface area contributed by atoms with E-state index in [1.807, 2.05) is 0 Å². The summed E-state index contributed by atoms with van der Waals surface area (Å²) in [5.41, 5.74) is 11.0. The van der Waals surface area contributed by atoms with Crippen LogP contribution in [0.4, 0.5) is 0 Å². The Kier molecular flexibility index (Phi) is 8.69. The van der Waals surface area contributed by atoms with Gasteiger partial charge in [-0.2, -0.15) is 0 Å². The molecule has 7 heteroatoms. The lowest BCUT2D eigenvalue weighted by Gasteiger charge is -2.04. The summed E-state index contributed by atoms with van der Waals surface area (Å²) in [5, 5.41) is 17.3. The molecule has 0 aromatic heterocycles. The van der Waals surface area contributed by atoms with Crippen molar-refractivity contribution in [1.29, 1.82) is 0 Å². The van der Waals surface area contributed by atoms with Gasteiger partial charge in [-0.3, -0.25) is 9.59 Å². The Morgan fingerprint density at radius 2 is 1.42 bits per heavy atom. The Morgan fingerprint density at radius 1 is 0.885 bits per heavy atom. The van der Waals surface area contributed by atoms with Gasteiger partial charge in [0, 0.05) is 11.1 Å². The van der Waals surface area contributed by atoms with Gasteiger partial charge in [-0.1, -0.05) is 48.5 Å². The molecule has 2 aromatic rings. The second kappa shape index (κ2) is 10.8. The molecule has 0 saturated heterocycles. The number of aliphatic carboxylic acids is 1. The summed E-state index contributed by atoms with van der Waals surface area (Å²) in [7, 11) is 0. The molecule has 0 saturated carbocycles. The number of carbonyl (C=O) groups is 3. The zero-order valence-electron chi connectivity index (χ0n) is 14.2. The summed E-state index contributed by atoms with van der Waals surface area (Å²) in [4.78, 5) is 33.2. The summed E-state index contributed by atoms with van der Waals surface area (Å²) >= 11 is 0. The van der Waals surface area contributed by atoms with Gasteiger partial charge in [0.1, 0.15) is 6.04 Å². The summed E-state index contributed by atoms with van der Waals surface area (Å²) in [6.07, 6.45) is 1.14. The van der Waals surface area contributed by atoms with Crippen molar-refractivity contribution < 1.29 is 24.6 Å². The largest absolute Gasteiger partial charge is 0.480 e. The number of aromatic carboxylic acids is 1. The predicted octanol–water partition coefficient (Wildman–Crippen LogP) is 1.75. The first-order valence-electron chi connectivity index (χ1n) is 7.99. The van der Waals surface area contributed by atoms with Crippen molar-refractivity contribution in [2.75, 3.05) is 6.54 Å². The second-order valence-electron chi connectivity index (χ2n) is 5.42. The van der Waals surface area contributed by atoms with Crippen LogP contribution >= 0.6 is 0 Å². The van der Waals surface area contributed by atoms with E-state index in [0.717, 1.165) is 0 Å². The third kappa shape index (κ3) is 6.46. The minimum Gasteiger partial charge on any atom is -0.480 e. The first-order chi connectivity index (χ1) is 12.4. The van der Waals surface area contributed by atoms with Gasteiger partial charge in [-0.15, -0.1) is 0 Å². The van der Waals surface area contributed by atoms with Crippen molar-refractivity contribution in [3.05, 3.63) is 71.3 Å². The Morgan fingerprint density at radius 3 is 1.92 bits per heavy atom. The van der Waals surface area contributed by atoms with E-state index in [2.05, 4.69) is 0 Å². The lowest BCUT2D eigenvalue weighted by Crippen LogP contribution is -2.30. The van der Waals surface area contributed by atoms with Crippen molar-refractivity contribution >= 4 is 17.7 Å². The van der Waals surface area contributed by atoms with Gasteiger partial charge in [-0.25, -0.2) is 4.79 Å². The second-order valence-corrected chi connectivity index (χ2v) is 5.42. The molecule has 0 fully saturated rings. The van der Waals surface area contributed by atoms with E-state index in [1.54, 1.807) is 42.5 Å². The molecule has 0 aliphatic rings.